The lowest BCUT2D eigenvalue weighted by molar-refractivity contribution is -0.317. The minimum Gasteiger partial charge on any atom is -0.394 e. The number of hydrogen-bond acceptors (Lipinski definition) is 10. The van der Waals surface area contributed by atoms with E-state index in [0.29, 0.717) is 0 Å². The molecule has 1 fully saturated rings. The molecule has 0 bridgehead atoms. The summed E-state index contributed by atoms with van der Waals surface area (Å²) >= 11 is 0. The quantitative estimate of drug-likeness (QED) is 0.218. The highest BCUT2D eigenvalue weighted by molar-refractivity contribution is 4.89. The molecule has 1 heterocycles. The Bertz CT molecular complexity index is 354. The van der Waals surface area contributed by atoms with E-state index >= 15 is 0 Å². The topological polar surface area (TPSA) is 169 Å². The van der Waals surface area contributed by atoms with Gasteiger partial charge in [0.15, 0.2) is 6.29 Å². The van der Waals surface area contributed by atoms with Gasteiger partial charge in [0.1, 0.15) is 36.6 Å². The van der Waals surface area contributed by atoms with Gasteiger partial charge >= 0.3 is 0 Å². The molecule has 1 rings (SSSR count). The molecular formula is C14H28O10. The summed E-state index contributed by atoms with van der Waals surface area (Å²) in [4.78, 5) is 0. The third-order valence-corrected chi connectivity index (χ3v) is 4.04. The zero-order valence-corrected chi connectivity index (χ0v) is 13.7. The smallest absolute Gasteiger partial charge is 0.187 e. The van der Waals surface area contributed by atoms with Crippen molar-refractivity contribution in [2.45, 2.75) is 69.0 Å². The van der Waals surface area contributed by atoms with Crippen molar-refractivity contribution in [3.63, 3.8) is 0 Å². The highest BCUT2D eigenvalue weighted by Crippen LogP contribution is 2.24. The third-order valence-electron chi connectivity index (χ3n) is 4.04. The van der Waals surface area contributed by atoms with Crippen molar-refractivity contribution in [3.8, 4) is 0 Å². The Morgan fingerprint density at radius 3 is 2.04 bits per heavy atom. The van der Waals surface area contributed by atoms with E-state index in [-0.39, 0.29) is 0 Å². The molecule has 10 heteroatoms. The first-order valence-corrected chi connectivity index (χ1v) is 7.78. The Morgan fingerprint density at radius 1 is 0.917 bits per heavy atom. The SMILES string of the molecule is CC(O[C@@H]1OC(CO)[C@H](O)C(O)C1O)[C@H](C)OC(CO)[C@H](O)CO. The minimum atomic E-state index is -1.55. The third kappa shape index (κ3) is 5.30. The standard InChI is InChI=1S/C14H28O10/c1-6(22-9(4-16)8(18)3-15)7(2)23-14-13(21)12(20)11(19)10(5-17)24-14/h6-21H,3-5H2,1-2H3/t6-,7?,8+,9?,10?,11-,12?,13?,14+/m0/s1. The Hall–Kier alpha value is -0.400. The molecule has 10 nitrogen and oxygen atoms in total. The van der Waals surface area contributed by atoms with Crippen LogP contribution in [0, 0.1) is 0 Å². The summed E-state index contributed by atoms with van der Waals surface area (Å²) in [5.41, 5.74) is 0. The zero-order valence-electron chi connectivity index (χ0n) is 13.7. The van der Waals surface area contributed by atoms with Crippen molar-refractivity contribution in [3.05, 3.63) is 0 Å². The van der Waals surface area contributed by atoms with E-state index in [2.05, 4.69) is 0 Å². The van der Waals surface area contributed by atoms with E-state index in [9.17, 15) is 20.4 Å². The predicted octanol–water partition coefficient (Wildman–Crippen LogP) is -3.69. The molecule has 0 aromatic rings. The number of rotatable bonds is 9. The van der Waals surface area contributed by atoms with Gasteiger partial charge in [0.2, 0.25) is 0 Å². The lowest BCUT2D eigenvalue weighted by Crippen LogP contribution is -2.60. The van der Waals surface area contributed by atoms with Gasteiger partial charge < -0.3 is 50.0 Å². The normalized spacial score (nSPS) is 36.1. The summed E-state index contributed by atoms with van der Waals surface area (Å²) in [7, 11) is 0. The van der Waals surface area contributed by atoms with E-state index < -0.39 is 74.9 Å². The fourth-order valence-corrected chi connectivity index (χ4v) is 2.26. The van der Waals surface area contributed by atoms with Crippen LogP contribution in [0.2, 0.25) is 0 Å². The molecule has 1 aliphatic rings. The Balaban J connectivity index is 2.63. The van der Waals surface area contributed by atoms with Crippen LogP contribution in [-0.4, -0.2) is 111 Å². The molecular weight excluding hydrogens is 328 g/mol. The summed E-state index contributed by atoms with van der Waals surface area (Å²) < 4.78 is 16.1. The minimum absolute atomic E-state index is 0.515. The summed E-state index contributed by atoms with van der Waals surface area (Å²) in [6.07, 6.45) is -10.6. The first kappa shape index (κ1) is 21.6. The number of hydrogen-bond donors (Lipinski definition) is 7. The van der Waals surface area contributed by atoms with Crippen molar-refractivity contribution in [1.82, 2.24) is 0 Å². The molecule has 0 aromatic carbocycles. The molecule has 1 aliphatic heterocycles. The summed E-state index contributed by atoms with van der Waals surface area (Å²) in [5.74, 6) is 0. The average molecular weight is 356 g/mol. The molecule has 0 aromatic heterocycles. The largest absolute Gasteiger partial charge is 0.394 e. The highest BCUT2D eigenvalue weighted by Gasteiger charge is 2.45. The van der Waals surface area contributed by atoms with Crippen LogP contribution in [0.4, 0.5) is 0 Å². The summed E-state index contributed by atoms with van der Waals surface area (Å²) in [6, 6.07) is 0. The fourth-order valence-electron chi connectivity index (χ4n) is 2.26. The monoisotopic (exact) mass is 356 g/mol. The molecule has 1 saturated heterocycles. The second kappa shape index (κ2) is 9.92. The van der Waals surface area contributed by atoms with Gasteiger partial charge in [-0.1, -0.05) is 0 Å². The lowest BCUT2D eigenvalue weighted by Gasteiger charge is -2.41. The lowest BCUT2D eigenvalue weighted by atomic mass is 9.99. The number of aliphatic hydroxyl groups excluding tert-OH is 7. The van der Waals surface area contributed by atoms with Crippen LogP contribution in [0.5, 0.6) is 0 Å². The average Bonchev–Trinajstić information content (AvgIpc) is 2.58. The Labute approximate surface area is 139 Å². The molecule has 0 saturated carbocycles. The maximum Gasteiger partial charge on any atom is 0.187 e. The summed E-state index contributed by atoms with van der Waals surface area (Å²) in [5, 5.41) is 66.0. The van der Waals surface area contributed by atoms with Crippen molar-refractivity contribution in [2.24, 2.45) is 0 Å². The van der Waals surface area contributed by atoms with E-state index in [1.807, 2.05) is 0 Å². The maximum atomic E-state index is 9.91. The van der Waals surface area contributed by atoms with Crippen LogP contribution >= 0.6 is 0 Å². The molecule has 144 valence electrons. The van der Waals surface area contributed by atoms with Gasteiger partial charge in [0.05, 0.1) is 32.0 Å². The van der Waals surface area contributed by atoms with Gasteiger partial charge in [-0.2, -0.15) is 0 Å². The number of ether oxygens (including phenoxy) is 3. The Kier molecular flexibility index (Phi) is 8.95. The predicted molar refractivity (Wildman–Crippen MR) is 78.8 cm³/mol. The van der Waals surface area contributed by atoms with Gasteiger partial charge in [-0.3, -0.25) is 0 Å². The zero-order chi connectivity index (χ0) is 18.4. The van der Waals surface area contributed by atoms with Crippen molar-refractivity contribution in [1.29, 1.82) is 0 Å². The molecule has 24 heavy (non-hydrogen) atoms. The van der Waals surface area contributed by atoms with Crippen molar-refractivity contribution in [2.75, 3.05) is 19.8 Å². The summed E-state index contributed by atoms with van der Waals surface area (Å²) in [6.45, 7) is 1.49. The van der Waals surface area contributed by atoms with E-state index in [0.717, 1.165) is 0 Å². The highest BCUT2D eigenvalue weighted by atomic mass is 16.7. The van der Waals surface area contributed by atoms with Gasteiger partial charge in [0.25, 0.3) is 0 Å². The Morgan fingerprint density at radius 2 is 1.54 bits per heavy atom. The van der Waals surface area contributed by atoms with Crippen LogP contribution < -0.4 is 0 Å². The van der Waals surface area contributed by atoms with Crippen LogP contribution in [0.25, 0.3) is 0 Å². The second-order valence-electron chi connectivity index (χ2n) is 5.85. The van der Waals surface area contributed by atoms with Crippen LogP contribution in [0.15, 0.2) is 0 Å². The first-order valence-electron chi connectivity index (χ1n) is 7.78. The van der Waals surface area contributed by atoms with Gasteiger partial charge in [0, 0.05) is 0 Å². The second-order valence-corrected chi connectivity index (χ2v) is 5.85. The van der Waals surface area contributed by atoms with E-state index in [1.54, 1.807) is 13.8 Å². The fraction of sp³-hybridized carbons (Fsp3) is 1.00. The van der Waals surface area contributed by atoms with Crippen molar-refractivity contribution < 1.29 is 50.0 Å². The van der Waals surface area contributed by atoms with E-state index in [1.165, 1.54) is 0 Å². The van der Waals surface area contributed by atoms with Gasteiger partial charge in [-0.25, -0.2) is 0 Å². The maximum absolute atomic E-state index is 9.91. The molecule has 9 atom stereocenters. The van der Waals surface area contributed by atoms with Crippen LogP contribution in [0.3, 0.4) is 0 Å². The first-order chi connectivity index (χ1) is 11.3. The molecule has 0 spiro atoms. The van der Waals surface area contributed by atoms with E-state index in [4.69, 9.17) is 29.5 Å². The van der Waals surface area contributed by atoms with Crippen LogP contribution in [-0.2, 0) is 14.2 Å². The van der Waals surface area contributed by atoms with Crippen LogP contribution in [0.1, 0.15) is 13.8 Å². The molecule has 0 radical (unpaired) electrons. The van der Waals surface area contributed by atoms with Gasteiger partial charge in [-0.15, -0.1) is 0 Å². The number of aliphatic hydroxyl groups is 7. The molecule has 7 N–H and O–H groups in total. The molecule has 0 amide bonds. The molecule has 0 aliphatic carbocycles. The molecule has 5 unspecified atom stereocenters. The van der Waals surface area contributed by atoms with Gasteiger partial charge in [-0.05, 0) is 13.8 Å². The van der Waals surface area contributed by atoms with Crippen molar-refractivity contribution >= 4 is 0 Å².